The summed E-state index contributed by atoms with van der Waals surface area (Å²) in [5.41, 5.74) is 1.21. The summed E-state index contributed by atoms with van der Waals surface area (Å²) >= 11 is 0. The number of benzene rings is 4. The Morgan fingerprint density at radius 3 is 0.932 bits per heavy atom. The maximum atomic E-state index is 8.49. The number of hydrogen-bond acceptors (Lipinski definition) is 4. The van der Waals surface area contributed by atoms with E-state index < -0.39 is 26.1 Å². The van der Waals surface area contributed by atoms with Crippen LogP contribution in [0, 0.1) is 22.1 Å². The van der Waals surface area contributed by atoms with E-state index in [2.05, 4.69) is 159 Å². The molecular weight excluding hydrogens is 697 g/mol. The van der Waals surface area contributed by atoms with E-state index in [-0.39, 0.29) is 19.5 Å². The van der Waals surface area contributed by atoms with Gasteiger partial charge in [0.25, 0.3) is 0 Å². The van der Waals surface area contributed by atoms with Gasteiger partial charge in [-0.25, -0.2) is 18.6 Å². The Kier molecular flexibility index (Phi) is 15.1. The zero-order valence-electron chi connectivity index (χ0n) is 24.8. The minimum Gasteiger partial charge on any atom is -0.222 e. The van der Waals surface area contributed by atoms with Crippen molar-refractivity contribution in [3.05, 3.63) is 146 Å². The molecule has 0 aromatic heterocycles. The maximum absolute atomic E-state index is 8.49. The molecule has 233 valence electrons. The summed E-state index contributed by atoms with van der Waals surface area (Å²) in [6.07, 6.45) is 11.8. The van der Waals surface area contributed by atoms with Crippen LogP contribution in [-0.2, 0) is 19.5 Å². The van der Waals surface area contributed by atoms with Crippen molar-refractivity contribution in [2.45, 2.75) is 38.0 Å². The monoisotopic (exact) mass is 734 g/mol. The van der Waals surface area contributed by atoms with E-state index >= 15 is 0 Å². The van der Waals surface area contributed by atoms with E-state index in [0.29, 0.717) is 11.3 Å². The van der Waals surface area contributed by atoms with E-state index in [4.69, 9.17) is 18.6 Å². The summed E-state index contributed by atoms with van der Waals surface area (Å²) in [4.78, 5) is 0. The molecule has 2 bridgehead atoms. The molecule has 2 aliphatic rings. The van der Waals surface area contributed by atoms with Gasteiger partial charge in [-0.15, -0.1) is 10.2 Å². The number of halogens is 1. The first-order valence-electron chi connectivity index (χ1n) is 14.5. The molecule has 0 unspecified atom stereocenters. The van der Waals surface area contributed by atoms with Crippen LogP contribution in [-0.4, -0.2) is 11.3 Å². The summed E-state index contributed by atoms with van der Waals surface area (Å²) in [7, 11) is -5.74. The Morgan fingerprint density at radius 2 is 0.750 bits per heavy atom. The zero-order chi connectivity index (χ0) is 30.7. The Bertz CT molecular complexity index is 1220. The normalized spacial score (nSPS) is 17.6. The van der Waals surface area contributed by atoms with Gasteiger partial charge in [0.15, 0.2) is 0 Å². The van der Waals surface area contributed by atoms with Crippen LogP contribution in [0.25, 0.3) is 0 Å². The molecule has 0 fully saturated rings. The molecular formula is C36H38ClO4P2Rh-. The molecule has 2 aliphatic carbocycles. The molecule has 0 aliphatic heterocycles. The minimum atomic E-state index is -4.94. The van der Waals surface area contributed by atoms with E-state index in [9.17, 15) is 0 Å². The van der Waals surface area contributed by atoms with Crippen LogP contribution in [0.4, 0.5) is 0 Å². The summed E-state index contributed by atoms with van der Waals surface area (Å²) in [5, 5.41) is 5.92. The Labute approximate surface area is 279 Å². The first kappa shape index (κ1) is 36.4. The van der Waals surface area contributed by atoms with Crippen molar-refractivity contribution >= 4 is 37.1 Å². The van der Waals surface area contributed by atoms with E-state index in [1.807, 2.05) is 0 Å². The van der Waals surface area contributed by atoms with Gasteiger partial charge in [0.1, 0.15) is 0 Å². The molecule has 44 heavy (non-hydrogen) atoms. The van der Waals surface area contributed by atoms with Gasteiger partial charge in [0, 0.05) is 19.5 Å². The zero-order valence-corrected chi connectivity index (χ0v) is 29.0. The molecule has 0 N–H and O–H groups in total. The topological polar surface area (TPSA) is 92.2 Å². The fourth-order valence-corrected chi connectivity index (χ4v) is 11.5. The van der Waals surface area contributed by atoms with Crippen molar-refractivity contribution < 1.29 is 48.4 Å². The third kappa shape index (κ3) is 11.7. The SMILES string of the molecule is C1=CC2C=CC1C2.C[C@@H](C[C@H](C)P(c1ccccc1)c1ccccc1)P(c1ccccc1)c1ccccc1.[O-][Cl+3]([O-])([O-])[O-].[Rh]. The van der Waals surface area contributed by atoms with Gasteiger partial charge in [-0.1, -0.05) is 159 Å². The standard InChI is InChI=1S/C29H30P2.C7H8.ClHO4.Rh/c1-24(30(26-15-7-3-8-16-26)27-17-9-4-10-18-27)23-25(2)31(28-19-11-5-12-20-28)29-21-13-6-14-22-29;1-2-7-4-3-6(1)5-7;2-1(3,4)5;/h3-22,24-25H,23H2,1-2H3;1-4,6-7H,5H2;(H,2,3,4,5);/p-1/t24-,25-;;;/m0.../s1. The van der Waals surface area contributed by atoms with E-state index in [1.165, 1.54) is 34.1 Å². The largest absolute Gasteiger partial charge is 0.222 e. The molecule has 0 saturated heterocycles. The summed E-state index contributed by atoms with van der Waals surface area (Å²) in [6.45, 7) is 4.93. The van der Waals surface area contributed by atoms with Gasteiger partial charge >= 0.3 is 0 Å². The quantitative estimate of drug-likeness (QED) is 0.158. The molecule has 0 heterocycles. The van der Waals surface area contributed by atoms with Crippen molar-refractivity contribution in [1.82, 2.24) is 0 Å². The second-order valence-corrected chi connectivity index (χ2v) is 16.8. The van der Waals surface area contributed by atoms with Crippen LogP contribution in [0.1, 0.15) is 26.7 Å². The summed E-state index contributed by atoms with van der Waals surface area (Å²) in [5.74, 6) is 1.62. The average Bonchev–Trinajstić information content (AvgIpc) is 3.66. The molecule has 0 spiro atoms. The molecule has 4 aromatic rings. The molecule has 0 saturated carbocycles. The van der Waals surface area contributed by atoms with Crippen LogP contribution in [0.15, 0.2) is 146 Å². The molecule has 4 nitrogen and oxygen atoms in total. The Hall–Kier alpha value is -2.03. The first-order valence-corrected chi connectivity index (χ1v) is 18.5. The molecule has 1 radical (unpaired) electrons. The Morgan fingerprint density at radius 1 is 0.523 bits per heavy atom. The van der Waals surface area contributed by atoms with E-state index in [1.54, 1.807) is 0 Å². The van der Waals surface area contributed by atoms with Crippen molar-refractivity contribution in [3.8, 4) is 0 Å². The predicted molar refractivity (Wildman–Crippen MR) is 172 cm³/mol. The molecule has 0 amide bonds. The fourth-order valence-electron chi connectivity index (χ4n) is 5.70. The van der Waals surface area contributed by atoms with E-state index in [0.717, 1.165) is 11.8 Å². The van der Waals surface area contributed by atoms with Gasteiger partial charge in [0.2, 0.25) is 0 Å². The van der Waals surface area contributed by atoms with Gasteiger partial charge in [-0.05, 0) is 73.1 Å². The third-order valence-electron chi connectivity index (χ3n) is 7.46. The molecule has 4 aromatic carbocycles. The van der Waals surface area contributed by atoms with Crippen LogP contribution in [0.3, 0.4) is 0 Å². The second kappa shape index (κ2) is 18.2. The number of allylic oxidation sites excluding steroid dienone is 4. The van der Waals surface area contributed by atoms with Crippen molar-refractivity contribution in [2.75, 3.05) is 0 Å². The second-order valence-electron chi connectivity index (χ2n) is 10.7. The summed E-state index contributed by atoms with van der Waals surface area (Å²) in [6, 6.07) is 44.5. The van der Waals surface area contributed by atoms with Crippen molar-refractivity contribution in [2.24, 2.45) is 11.8 Å². The van der Waals surface area contributed by atoms with Crippen LogP contribution >= 0.6 is 15.8 Å². The number of rotatable bonds is 8. The average molecular weight is 735 g/mol. The summed E-state index contributed by atoms with van der Waals surface area (Å²) < 4.78 is 34.0. The smallest absolute Gasteiger partial charge is 0 e. The fraction of sp³-hybridized carbons (Fsp3) is 0.222. The first-order chi connectivity index (χ1) is 20.7. The van der Waals surface area contributed by atoms with Gasteiger partial charge in [0.05, 0.1) is 0 Å². The minimum absolute atomic E-state index is 0. The molecule has 8 heteroatoms. The van der Waals surface area contributed by atoms with Crippen LogP contribution in [0.2, 0.25) is 0 Å². The van der Waals surface area contributed by atoms with Crippen molar-refractivity contribution in [1.29, 1.82) is 0 Å². The van der Waals surface area contributed by atoms with Crippen LogP contribution < -0.4 is 39.9 Å². The number of hydrogen-bond donors (Lipinski definition) is 0. The van der Waals surface area contributed by atoms with Crippen molar-refractivity contribution in [3.63, 3.8) is 0 Å². The molecule has 2 atom stereocenters. The van der Waals surface area contributed by atoms with Crippen LogP contribution in [0.5, 0.6) is 0 Å². The predicted octanol–water partition coefficient (Wildman–Crippen LogP) is 3.41. The Balaban J connectivity index is 0.000000337. The molecule has 6 rings (SSSR count). The van der Waals surface area contributed by atoms with Gasteiger partial charge in [-0.2, -0.15) is 0 Å². The van der Waals surface area contributed by atoms with Gasteiger partial charge in [-0.3, -0.25) is 0 Å². The third-order valence-corrected chi connectivity index (χ3v) is 13.1. The maximum Gasteiger partial charge on any atom is 0 e. The van der Waals surface area contributed by atoms with Gasteiger partial charge < -0.3 is 0 Å². The number of fused-ring (bicyclic) bond motifs is 2.